The molecule has 6 nitrogen and oxygen atoms in total. The van der Waals surface area contributed by atoms with E-state index >= 15 is 0 Å². The number of halogens is 2. The van der Waals surface area contributed by atoms with Crippen molar-refractivity contribution >= 4 is 38.9 Å². The molecule has 0 spiro atoms. The van der Waals surface area contributed by atoms with E-state index in [0.29, 0.717) is 42.7 Å². The first-order valence-electron chi connectivity index (χ1n) is 8.11. The lowest BCUT2D eigenvalue weighted by Crippen LogP contribution is -2.26. The highest BCUT2D eigenvalue weighted by atomic mass is 35.5. The Hall–Kier alpha value is -1.96. The quantitative estimate of drug-likeness (QED) is 0.789. The van der Waals surface area contributed by atoms with Crippen LogP contribution in [0.1, 0.15) is 15.9 Å². The SMILES string of the molecule is CS(=O)(=O)c1ccc(Cl)c(C(=O)NCCc2cc(Cl)c3c(c2)OCCO3)c1. The highest BCUT2D eigenvalue weighted by Crippen LogP contribution is 2.38. The van der Waals surface area contributed by atoms with Crippen LogP contribution in [0.5, 0.6) is 11.5 Å². The van der Waals surface area contributed by atoms with E-state index in [1.54, 1.807) is 6.07 Å². The zero-order valence-electron chi connectivity index (χ0n) is 14.4. The van der Waals surface area contributed by atoms with E-state index in [1.165, 1.54) is 18.2 Å². The smallest absolute Gasteiger partial charge is 0.252 e. The first-order valence-corrected chi connectivity index (χ1v) is 10.8. The highest BCUT2D eigenvalue weighted by Gasteiger charge is 2.18. The van der Waals surface area contributed by atoms with Gasteiger partial charge in [-0.3, -0.25) is 4.79 Å². The molecule has 1 N–H and O–H groups in total. The number of amides is 1. The van der Waals surface area contributed by atoms with Gasteiger partial charge in [-0.2, -0.15) is 0 Å². The third-order valence-corrected chi connectivity index (χ3v) is 5.69. The standard InChI is InChI=1S/C18H17Cl2NO5S/c1-27(23,24)12-2-3-14(19)13(10-12)18(22)21-5-4-11-8-15(20)17-16(9-11)25-6-7-26-17/h2-3,8-10H,4-7H2,1H3,(H,21,22). The van der Waals surface area contributed by atoms with Gasteiger partial charge in [0, 0.05) is 12.8 Å². The van der Waals surface area contributed by atoms with Crippen LogP contribution in [0.25, 0.3) is 0 Å². The summed E-state index contributed by atoms with van der Waals surface area (Å²) in [4.78, 5) is 12.4. The number of sulfone groups is 1. The molecule has 3 rings (SSSR count). The fourth-order valence-corrected chi connectivity index (χ4v) is 3.77. The van der Waals surface area contributed by atoms with Crippen LogP contribution in [0.3, 0.4) is 0 Å². The molecule has 1 heterocycles. The van der Waals surface area contributed by atoms with Crippen molar-refractivity contribution in [2.24, 2.45) is 0 Å². The van der Waals surface area contributed by atoms with Crippen LogP contribution < -0.4 is 14.8 Å². The second kappa shape index (κ2) is 7.96. The summed E-state index contributed by atoms with van der Waals surface area (Å²) in [6, 6.07) is 7.62. The molecule has 0 bridgehead atoms. The topological polar surface area (TPSA) is 81.7 Å². The van der Waals surface area contributed by atoms with Gasteiger partial charge in [-0.25, -0.2) is 8.42 Å². The molecule has 144 valence electrons. The van der Waals surface area contributed by atoms with Crippen molar-refractivity contribution in [1.29, 1.82) is 0 Å². The van der Waals surface area contributed by atoms with Crippen LogP contribution in [0.2, 0.25) is 10.0 Å². The molecule has 0 radical (unpaired) electrons. The first kappa shape index (κ1) is 19.8. The van der Waals surface area contributed by atoms with Crippen LogP contribution in [0.4, 0.5) is 0 Å². The van der Waals surface area contributed by atoms with Crippen molar-refractivity contribution in [2.75, 3.05) is 26.0 Å². The average Bonchev–Trinajstić information content (AvgIpc) is 2.61. The molecule has 0 saturated carbocycles. The predicted molar refractivity (Wildman–Crippen MR) is 103 cm³/mol. The number of nitrogens with one attached hydrogen (secondary N) is 1. The van der Waals surface area contributed by atoms with E-state index in [2.05, 4.69) is 5.32 Å². The van der Waals surface area contributed by atoms with Crippen molar-refractivity contribution in [3.8, 4) is 11.5 Å². The summed E-state index contributed by atoms with van der Waals surface area (Å²) in [7, 11) is -3.43. The molecular weight excluding hydrogens is 413 g/mol. The Morgan fingerprint density at radius 1 is 1.11 bits per heavy atom. The highest BCUT2D eigenvalue weighted by molar-refractivity contribution is 7.90. The number of hydrogen-bond donors (Lipinski definition) is 1. The van der Waals surface area contributed by atoms with Crippen molar-refractivity contribution in [3.63, 3.8) is 0 Å². The van der Waals surface area contributed by atoms with Gasteiger partial charge in [0.25, 0.3) is 5.91 Å². The molecule has 0 fully saturated rings. The van der Waals surface area contributed by atoms with Gasteiger partial charge in [0.2, 0.25) is 0 Å². The Kier molecular flexibility index (Phi) is 5.83. The summed E-state index contributed by atoms with van der Waals surface area (Å²) >= 11 is 12.2. The number of carbonyl (C=O) groups excluding carboxylic acids is 1. The third kappa shape index (κ3) is 4.66. The van der Waals surface area contributed by atoms with Crippen LogP contribution in [-0.2, 0) is 16.3 Å². The fraction of sp³-hybridized carbons (Fsp3) is 0.278. The third-order valence-electron chi connectivity index (χ3n) is 3.97. The maximum Gasteiger partial charge on any atom is 0.252 e. The molecule has 0 aromatic heterocycles. The van der Waals surface area contributed by atoms with Crippen LogP contribution in [-0.4, -0.2) is 40.3 Å². The van der Waals surface area contributed by atoms with E-state index in [4.69, 9.17) is 32.7 Å². The van der Waals surface area contributed by atoms with Gasteiger partial charge in [0.1, 0.15) is 13.2 Å². The summed E-state index contributed by atoms with van der Waals surface area (Å²) in [5, 5.41) is 3.37. The lowest BCUT2D eigenvalue weighted by molar-refractivity contribution is 0.0954. The molecule has 0 saturated heterocycles. The predicted octanol–water partition coefficient (Wildman–Crippen LogP) is 3.14. The summed E-state index contributed by atoms with van der Waals surface area (Å²) in [6.45, 7) is 1.22. The Bertz CT molecular complexity index is 991. The second-order valence-corrected chi connectivity index (χ2v) is 8.85. The Morgan fingerprint density at radius 2 is 1.85 bits per heavy atom. The Morgan fingerprint density at radius 3 is 2.59 bits per heavy atom. The Balaban J connectivity index is 1.68. The normalized spacial score (nSPS) is 13.3. The summed E-state index contributed by atoms with van der Waals surface area (Å²) in [5.74, 6) is 0.660. The minimum Gasteiger partial charge on any atom is -0.486 e. The van der Waals surface area contributed by atoms with Gasteiger partial charge in [-0.05, 0) is 42.3 Å². The van der Waals surface area contributed by atoms with Gasteiger partial charge in [-0.15, -0.1) is 0 Å². The van der Waals surface area contributed by atoms with Crippen LogP contribution in [0.15, 0.2) is 35.2 Å². The summed E-state index contributed by atoms with van der Waals surface area (Å²) < 4.78 is 34.3. The number of ether oxygens (including phenoxy) is 2. The van der Waals surface area contributed by atoms with E-state index < -0.39 is 15.7 Å². The minimum absolute atomic E-state index is 0.0377. The molecule has 0 unspecified atom stereocenters. The van der Waals surface area contributed by atoms with Crippen molar-refractivity contribution in [2.45, 2.75) is 11.3 Å². The van der Waals surface area contributed by atoms with Crippen molar-refractivity contribution in [3.05, 3.63) is 51.5 Å². The molecule has 2 aromatic rings. The molecular formula is C18H17Cl2NO5S. The fourth-order valence-electron chi connectivity index (χ4n) is 2.63. The van der Waals surface area contributed by atoms with Crippen molar-refractivity contribution in [1.82, 2.24) is 5.32 Å². The number of hydrogen-bond acceptors (Lipinski definition) is 5. The van der Waals surface area contributed by atoms with Crippen LogP contribution >= 0.6 is 23.2 Å². The van der Waals surface area contributed by atoms with E-state index in [1.807, 2.05) is 6.07 Å². The number of rotatable bonds is 5. The zero-order valence-corrected chi connectivity index (χ0v) is 16.7. The Labute approximate surface area is 167 Å². The minimum atomic E-state index is -3.43. The van der Waals surface area contributed by atoms with Gasteiger partial charge >= 0.3 is 0 Å². The number of benzene rings is 2. The van der Waals surface area contributed by atoms with E-state index in [0.717, 1.165) is 11.8 Å². The summed E-state index contributed by atoms with van der Waals surface area (Å²) in [5.41, 5.74) is 0.986. The maximum absolute atomic E-state index is 12.4. The molecule has 1 aliphatic heterocycles. The monoisotopic (exact) mass is 429 g/mol. The second-order valence-electron chi connectivity index (χ2n) is 6.02. The molecule has 2 aromatic carbocycles. The molecule has 1 amide bonds. The van der Waals surface area contributed by atoms with Gasteiger partial charge in [0.15, 0.2) is 21.3 Å². The number of fused-ring (bicyclic) bond motifs is 1. The lowest BCUT2D eigenvalue weighted by Gasteiger charge is -2.20. The first-order chi connectivity index (χ1) is 12.8. The van der Waals surface area contributed by atoms with Crippen molar-refractivity contribution < 1.29 is 22.7 Å². The maximum atomic E-state index is 12.4. The van der Waals surface area contributed by atoms with Gasteiger partial charge < -0.3 is 14.8 Å². The zero-order chi connectivity index (χ0) is 19.6. The van der Waals surface area contributed by atoms with E-state index in [-0.39, 0.29) is 15.5 Å². The number of carbonyl (C=O) groups is 1. The summed E-state index contributed by atoms with van der Waals surface area (Å²) in [6.07, 6.45) is 1.58. The van der Waals surface area contributed by atoms with Gasteiger partial charge in [-0.1, -0.05) is 23.2 Å². The molecule has 0 atom stereocenters. The van der Waals surface area contributed by atoms with Crippen LogP contribution in [0, 0.1) is 0 Å². The lowest BCUT2D eigenvalue weighted by atomic mass is 10.1. The molecule has 0 aliphatic carbocycles. The van der Waals surface area contributed by atoms with Gasteiger partial charge in [0.05, 0.1) is 20.5 Å². The average molecular weight is 430 g/mol. The largest absolute Gasteiger partial charge is 0.486 e. The molecule has 9 heteroatoms. The van der Waals surface area contributed by atoms with E-state index in [9.17, 15) is 13.2 Å². The molecule has 27 heavy (non-hydrogen) atoms. The molecule has 1 aliphatic rings.